The quantitative estimate of drug-likeness (QED) is 0.372. The van der Waals surface area contributed by atoms with Crippen molar-refractivity contribution in [3.63, 3.8) is 0 Å². The maximum atomic E-state index is 13.1. The smallest absolute Gasteiger partial charge is 0.329 e. The van der Waals surface area contributed by atoms with E-state index in [0.717, 1.165) is 20.6 Å². The second-order valence-corrected chi connectivity index (χ2v) is 8.80. The SMILES string of the molecule is CSc1ccc(-c2noc(-c3ccc4c(=O)n(Cc5ccc6c(c5)OCO6)c(=O)[nH]c4c3)n2)cc1. The Morgan fingerprint density at radius 3 is 2.60 bits per heavy atom. The van der Waals surface area contributed by atoms with Crippen molar-refractivity contribution in [1.29, 1.82) is 0 Å². The number of fused-ring (bicyclic) bond motifs is 2. The van der Waals surface area contributed by atoms with Gasteiger partial charge in [0, 0.05) is 16.0 Å². The van der Waals surface area contributed by atoms with Crippen molar-refractivity contribution in [3.8, 4) is 34.3 Å². The minimum atomic E-state index is -0.516. The molecule has 0 saturated carbocycles. The molecule has 9 nitrogen and oxygen atoms in total. The van der Waals surface area contributed by atoms with Crippen LogP contribution in [-0.4, -0.2) is 32.7 Å². The molecule has 1 aliphatic rings. The van der Waals surface area contributed by atoms with Gasteiger partial charge in [0.1, 0.15) is 0 Å². The van der Waals surface area contributed by atoms with E-state index in [2.05, 4.69) is 15.1 Å². The van der Waals surface area contributed by atoms with Gasteiger partial charge in [-0.25, -0.2) is 4.79 Å². The fourth-order valence-corrected chi connectivity index (χ4v) is 4.36. The molecule has 0 amide bonds. The molecule has 35 heavy (non-hydrogen) atoms. The van der Waals surface area contributed by atoms with Gasteiger partial charge in [-0.3, -0.25) is 9.36 Å². The Balaban J connectivity index is 1.32. The highest BCUT2D eigenvalue weighted by atomic mass is 32.2. The first-order valence-electron chi connectivity index (χ1n) is 10.7. The Kier molecular flexibility index (Phi) is 5.14. The Bertz CT molecular complexity index is 1690. The van der Waals surface area contributed by atoms with Crippen LogP contribution in [0.2, 0.25) is 0 Å². The maximum absolute atomic E-state index is 13.1. The van der Waals surface area contributed by atoms with Gasteiger partial charge in [0.15, 0.2) is 11.5 Å². The lowest BCUT2D eigenvalue weighted by Crippen LogP contribution is -2.35. The first-order chi connectivity index (χ1) is 17.1. The van der Waals surface area contributed by atoms with Crippen molar-refractivity contribution < 1.29 is 14.0 Å². The molecule has 3 heterocycles. The van der Waals surface area contributed by atoms with Crippen molar-refractivity contribution in [2.24, 2.45) is 0 Å². The number of benzene rings is 3. The molecule has 0 spiro atoms. The van der Waals surface area contributed by atoms with Crippen LogP contribution in [0, 0.1) is 0 Å². The van der Waals surface area contributed by atoms with E-state index in [1.54, 1.807) is 48.2 Å². The summed E-state index contributed by atoms with van der Waals surface area (Å²) in [5.41, 5.74) is 1.66. The molecule has 5 aromatic rings. The highest BCUT2D eigenvalue weighted by molar-refractivity contribution is 7.98. The zero-order valence-corrected chi connectivity index (χ0v) is 19.3. The lowest BCUT2D eigenvalue weighted by molar-refractivity contribution is 0.174. The number of aromatic amines is 1. The standard InChI is InChI=1S/C25H18N4O5S/c1-35-17-6-3-15(4-7-17)22-27-23(34-28-22)16-5-8-18-19(11-16)26-25(31)29(24(18)30)12-14-2-9-20-21(10-14)33-13-32-20/h2-11H,12-13H2,1H3,(H,26,31). The van der Waals surface area contributed by atoms with Crippen LogP contribution in [0.3, 0.4) is 0 Å². The van der Waals surface area contributed by atoms with Crippen LogP contribution >= 0.6 is 11.8 Å². The van der Waals surface area contributed by atoms with Crippen molar-refractivity contribution in [3.05, 3.63) is 87.1 Å². The lowest BCUT2D eigenvalue weighted by Gasteiger charge is -2.08. The molecule has 0 aliphatic carbocycles. The van der Waals surface area contributed by atoms with E-state index in [1.165, 1.54) is 0 Å². The number of ether oxygens (including phenoxy) is 2. The topological polar surface area (TPSA) is 112 Å². The summed E-state index contributed by atoms with van der Waals surface area (Å²) in [5, 5.41) is 4.45. The number of aromatic nitrogens is 4. The highest BCUT2D eigenvalue weighted by Gasteiger charge is 2.16. The number of rotatable bonds is 5. The van der Waals surface area contributed by atoms with Gasteiger partial charge >= 0.3 is 5.69 Å². The van der Waals surface area contributed by atoms with Crippen LogP contribution in [0.4, 0.5) is 0 Å². The van der Waals surface area contributed by atoms with Crippen molar-refractivity contribution in [1.82, 2.24) is 19.7 Å². The van der Waals surface area contributed by atoms with E-state index < -0.39 is 11.2 Å². The van der Waals surface area contributed by atoms with Crippen molar-refractivity contribution >= 4 is 22.7 Å². The van der Waals surface area contributed by atoms with Crippen molar-refractivity contribution in [2.75, 3.05) is 13.0 Å². The monoisotopic (exact) mass is 486 g/mol. The maximum Gasteiger partial charge on any atom is 0.329 e. The Labute approximate surface area is 202 Å². The molecular formula is C25H18N4O5S. The number of hydrogen-bond acceptors (Lipinski definition) is 8. The van der Waals surface area contributed by atoms with Gasteiger partial charge in [-0.2, -0.15) is 4.98 Å². The van der Waals surface area contributed by atoms with E-state index in [9.17, 15) is 9.59 Å². The summed E-state index contributed by atoms with van der Waals surface area (Å²) in [7, 11) is 0. The van der Waals surface area contributed by atoms with Crippen LogP contribution in [-0.2, 0) is 6.54 Å². The van der Waals surface area contributed by atoms with E-state index in [0.29, 0.717) is 39.7 Å². The molecule has 174 valence electrons. The molecule has 1 N–H and O–H groups in total. The molecular weight excluding hydrogens is 468 g/mol. The minimum Gasteiger partial charge on any atom is -0.454 e. The molecule has 0 bridgehead atoms. The third kappa shape index (κ3) is 3.87. The first kappa shape index (κ1) is 21.2. The summed E-state index contributed by atoms with van der Waals surface area (Å²) in [6, 6.07) is 18.2. The van der Waals surface area contributed by atoms with Crippen molar-refractivity contribution in [2.45, 2.75) is 11.4 Å². The second kappa shape index (κ2) is 8.48. The molecule has 0 atom stereocenters. The largest absolute Gasteiger partial charge is 0.454 e. The number of H-pyrrole nitrogens is 1. The van der Waals surface area contributed by atoms with Crippen LogP contribution in [0.1, 0.15) is 5.56 Å². The zero-order valence-electron chi connectivity index (χ0n) is 18.5. The van der Waals surface area contributed by atoms with E-state index in [1.807, 2.05) is 30.5 Å². The van der Waals surface area contributed by atoms with Gasteiger partial charge in [0.25, 0.3) is 11.4 Å². The molecule has 0 fully saturated rings. The molecule has 0 radical (unpaired) electrons. The zero-order chi connectivity index (χ0) is 23.9. The summed E-state index contributed by atoms with van der Waals surface area (Å²) in [6.45, 7) is 0.258. The van der Waals surface area contributed by atoms with Gasteiger partial charge < -0.3 is 19.0 Å². The third-order valence-electron chi connectivity index (χ3n) is 5.78. The lowest BCUT2D eigenvalue weighted by atomic mass is 10.1. The predicted octanol–water partition coefficient (Wildman–Crippen LogP) is 3.91. The molecule has 6 rings (SSSR count). The van der Waals surface area contributed by atoms with Gasteiger partial charge in [0.05, 0.1) is 17.4 Å². The van der Waals surface area contributed by atoms with Gasteiger partial charge in [0.2, 0.25) is 12.6 Å². The summed E-state index contributed by atoms with van der Waals surface area (Å²) in [4.78, 5) is 34.3. The second-order valence-electron chi connectivity index (χ2n) is 7.92. The Morgan fingerprint density at radius 2 is 1.77 bits per heavy atom. The van der Waals surface area contributed by atoms with Crippen LogP contribution in [0.15, 0.2) is 79.7 Å². The highest BCUT2D eigenvalue weighted by Crippen LogP contribution is 2.32. The van der Waals surface area contributed by atoms with E-state index in [4.69, 9.17) is 14.0 Å². The van der Waals surface area contributed by atoms with Gasteiger partial charge in [-0.05, 0) is 66.4 Å². The molecule has 1 aliphatic heterocycles. The minimum absolute atomic E-state index is 0.102. The molecule has 3 aromatic carbocycles. The van der Waals surface area contributed by atoms with E-state index in [-0.39, 0.29) is 13.3 Å². The Morgan fingerprint density at radius 1 is 0.971 bits per heavy atom. The predicted molar refractivity (Wildman–Crippen MR) is 131 cm³/mol. The third-order valence-corrected chi connectivity index (χ3v) is 6.52. The van der Waals surface area contributed by atoms with Crippen LogP contribution in [0.25, 0.3) is 33.7 Å². The number of nitrogens with one attached hydrogen (secondary N) is 1. The fraction of sp³-hybridized carbons (Fsp3) is 0.120. The van der Waals surface area contributed by atoms with Gasteiger partial charge in [-0.15, -0.1) is 11.8 Å². The van der Waals surface area contributed by atoms with Crippen LogP contribution < -0.4 is 20.7 Å². The molecule has 2 aromatic heterocycles. The average molecular weight is 487 g/mol. The Hall–Kier alpha value is -4.31. The molecule has 10 heteroatoms. The summed E-state index contributed by atoms with van der Waals surface area (Å²) in [6.07, 6.45) is 2.01. The molecule has 0 unspecified atom stereocenters. The van der Waals surface area contributed by atoms with Crippen LogP contribution in [0.5, 0.6) is 11.5 Å². The summed E-state index contributed by atoms with van der Waals surface area (Å²) < 4.78 is 17.3. The fourth-order valence-electron chi connectivity index (χ4n) is 3.95. The number of hydrogen-bond donors (Lipinski definition) is 1. The van der Waals surface area contributed by atoms with E-state index >= 15 is 0 Å². The summed E-state index contributed by atoms with van der Waals surface area (Å²) in [5.74, 6) is 1.99. The first-order valence-corrected chi connectivity index (χ1v) is 12.0. The average Bonchev–Trinajstić information content (AvgIpc) is 3.56. The molecule has 0 saturated heterocycles. The number of thioether (sulfide) groups is 1. The summed E-state index contributed by atoms with van der Waals surface area (Å²) >= 11 is 1.65. The normalized spacial score (nSPS) is 12.4. The van der Waals surface area contributed by atoms with Gasteiger partial charge in [-0.1, -0.05) is 11.2 Å². The number of nitrogens with zero attached hydrogens (tertiary/aromatic N) is 3.